The maximum absolute atomic E-state index is 12.5. The molecule has 0 N–H and O–H groups in total. The minimum Gasteiger partial charge on any atom is -0.493 e. The fraction of sp³-hybridized carbons (Fsp3) is 0.133. The van der Waals surface area contributed by atoms with Gasteiger partial charge in [-0.15, -0.1) is 0 Å². The van der Waals surface area contributed by atoms with Crippen LogP contribution >= 0.6 is 23.2 Å². The summed E-state index contributed by atoms with van der Waals surface area (Å²) in [7, 11) is 3.01. The summed E-state index contributed by atoms with van der Waals surface area (Å²) in [6, 6.07) is 9.87. The number of ether oxygens (including phenoxy) is 2. The predicted octanol–water partition coefficient (Wildman–Crippen LogP) is 4.24. The highest BCUT2D eigenvalue weighted by Gasteiger charge is 2.18. The van der Waals surface area contributed by atoms with E-state index in [1.54, 1.807) is 30.3 Å². The van der Waals surface area contributed by atoms with Crippen LogP contribution < -0.4 is 9.47 Å². The average Bonchev–Trinajstić information content (AvgIpc) is 2.48. The largest absolute Gasteiger partial charge is 0.493 e. The first-order valence-corrected chi connectivity index (χ1v) is 6.54. The van der Waals surface area contributed by atoms with Gasteiger partial charge in [0.15, 0.2) is 17.3 Å². The number of methoxy groups -OCH3 is 2. The van der Waals surface area contributed by atoms with Gasteiger partial charge in [-0.05, 0) is 30.3 Å². The van der Waals surface area contributed by atoms with E-state index >= 15 is 0 Å². The Morgan fingerprint density at radius 2 is 1.75 bits per heavy atom. The number of para-hydroxylation sites is 1. The van der Waals surface area contributed by atoms with Crippen molar-refractivity contribution in [2.24, 2.45) is 0 Å². The highest BCUT2D eigenvalue weighted by Crippen LogP contribution is 2.33. The highest BCUT2D eigenvalue weighted by molar-refractivity contribution is 6.42. The Kier molecular flexibility index (Phi) is 4.53. The molecule has 3 nitrogen and oxygen atoms in total. The molecule has 0 atom stereocenters. The smallest absolute Gasteiger partial charge is 0.196 e. The topological polar surface area (TPSA) is 35.5 Å². The van der Waals surface area contributed by atoms with Crippen molar-refractivity contribution in [3.63, 3.8) is 0 Å². The molecule has 2 aromatic carbocycles. The quantitative estimate of drug-likeness (QED) is 0.792. The van der Waals surface area contributed by atoms with E-state index in [0.717, 1.165) is 0 Å². The molecule has 0 amide bonds. The van der Waals surface area contributed by atoms with Gasteiger partial charge in [0.25, 0.3) is 0 Å². The first-order valence-electron chi connectivity index (χ1n) is 5.79. The summed E-state index contributed by atoms with van der Waals surface area (Å²) in [6.45, 7) is 0. The molecule has 0 heterocycles. The lowest BCUT2D eigenvalue weighted by atomic mass is 10.0. The van der Waals surface area contributed by atoms with Gasteiger partial charge in [0.1, 0.15) is 0 Å². The van der Waals surface area contributed by atoms with Crippen LogP contribution in [-0.4, -0.2) is 20.0 Å². The van der Waals surface area contributed by atoms with Crippen LogP contribution in [0.5, 0.6) is 11.5 Å². The fourth-order valence-corrected chi connectivity index (χ4v) is 2.16. The Morgan fingerprint density at radius 1 is 1.00 bits per heavy atom. The number of hydrogen-bond donors (Lipinski definition) is 0. The molecular formula is C15H12Cl2O3. The molecule has 2 rings (SSSR count). The van der Waals surface area contributed by atoms with Crippen molar-refractivity contribution >= 4 is 29.0 Å². The summed E-state index contributed by atoms with van der Waals surface area (Å²) in [5.74, 6) is 0.684. The standard InChI is InChI=1S/C15H12Cl2O3/c1-19-13-5-3-4-10(15(13)20-2)14(18)9-6-7-11(16)12(17)8-9/h3-8H,1-2H3. The lowest BCUT2D eigenvalue weighted by Gasteiger charge is -2.12. The van der Waals surface area contributed by atoms with Crippen molar-refractivity contribution < 1.29 is 14.3 Å². The minimum absolute atomic E-state index is 0.209. The summed E-state index contributed by atoms with van der Waals surface area (Å²) in [5.41, 5.74) is 0.844. The number of ketones is 1. The molecule has 0 bridgehead atoms. The first kappa shape index (κ1) is 14.7. The third-order valence-electron chi connectivity index (χ3n) is 2.83. The van der Waals surface area contributed by atoms with E-state index in [1.165, 1.54) is 20.3 Å². The zero-order valence-electron chi connectivity index (χ0n) is 10.9. The van der Waals surface area contributed by atoms with Crippen molar-refractivity contribution in [3.05, 3.63) is 57.6 Å². The maximum Gasteiger partial charge on any atom is 0.196 e. The van der Waals surface area contributed by atoms with Crippen molar-refractivity contribution in [2.75, 3.05) is 14.2 Å². The molecule has 2 aromatic rings. The zero-order valence-corrected chi connectivity index (χ0v) is 12.5. The molecule has 0 saturated carbocycles. The van der Waals surface area contributed by atoms with E-state index in [-0.39, 0.29) is 5.78 Å². The van der Waals surface area contributed by atoms with Crippen LogP contribution in [0.4, 0.5) is 0 Å². The molecule has 0 fully saturated rings. The predicted molar refractivity (Wildman–Crippen MR) is 79.4 cm³/mol. The average molecular weight is 311 g/mol. The van der Waals surface area contributed by atoms with Crippen LogP contribution in [-0.2, 0) is 0 Å². The van der Waals surface area contributed by atoms with E-state index in [0.29, 0.717) is 32.7 Å². The molecule has 0 aromatic heterocycles. The van der Waals surface area contributed by atoms with Gasteiger partial charge in [0, 0.05) is 5.56 Å². The van der Waals surface area contributed by atoms with Gasteiger partial charge in [-0.25, -0.2) is 0 Å². The Balaban J connectivity index is 2.50. The van der Waals surface area contributed by atoms with Crippen LogP contribution in [0.15, 0.2) is 36.4 Å². The molecule has 0 aliphatic carbocycles. The number of rotatable bonds is 4. The summed E-state index contributed by atoms with van der Waals surface area (Å²) >= 11 is 11.8. The Bertz CT molecular complexity index is 654. The first-order chi connectivity index (χ1) is 9.58. The molecule has 0 spiro atoms. The highest BCUT2D eigenvalue weighted by atomic mass is 35.5. The van der Waals surface area contributed by atoms with Crippen LogP contribution in [0.1, 0.15) is 15.9 Å². The van der Waals surface area contributed by atoms with Crippen LogP contribution in [0.25, 0.3) is 0 Å². The second-order valence-corrected chi connectivity index (χ2v) is 4.81. The van der Waals surface area contributed by atoms with Gasteiger partial charge in [0.2, 0.25) is 0 Å². The summed E-state index contributed by atoms with van der Waals surface area (Å²) < 4.78 is 10.4. The van der Waals surface area contributed by atoms with E-state index in [4.69, 9.17) is 32.7 Å². The number of carbonyl (C=O) groups is 1. The van der Waals surface area contributed by atoms with Gasteiger partial charge in [-0.3, -0.25) is 4.79 Å². The SMILES string of the molecule is COc1cccc(C(=O)c2ccc(Cl)c(Cl)c2)c1OC. The molecule has 0 aliphatic rings. The summed E-state index contributed by atoms with van der Waals surface area (Å²) in [6.07, 6.45) is 0. The van der Waals surface area contributed by atoms with E-state index < -0.39 is 0 Å². The van der Waals surface area contributed by atoms with Gasteiger partial charge in [-0.2, -0.15) is 0 Å². The summed E-state index contributed by atoms with van der Waals surface area (Å²) in [4.78, 5) is 12.5. The Hall–Kier alpha value is -1.71. The molecule has 0 unspecified atom stereocenters. The van der Waals surface area contributed by atoms with Crippen molar-refractivity contribution in [1.29, 1.82) is 0 Å². The molecule has 20 heavy (non-hydrogen) atoms. The molecule has 0 aliphatic heterocycles. The minimum atomic E-state index is -0.209. The van der Waals surface area contributed by atoms with Crippen molar-refractivity contribution in [3.8, 4) is 11.5 Å². The molecule has 5 heteroatoms. The summed E-state index contributed by atoms with van der Waals surface area (Å²) in [5, 5.41) is 0.736. The van der Waals surface area contributed by atoms with Crippen LogP contribution in [0, 0.1) is 0 Å². The monoisotopic (exact) mass is 310 g/mol. The van der Waals surface area contributed by atoms with Gasteiger partial charge < -0.3 is 9.47 Å². The second kappa shape index (κ2) is 6.16. The number of carbonyl (C=O) groups excluding carboxylic acids is 1. The van der Waals surface area contributed by atoms with Crippen LogP contribution in [0.3, 0.4) is 0 Å². The number of halogens is 2. The van der Waals surface area contributed by atoms with E-state index in [1.807, 2.05) is 0 Å². The number of hydrogen-bond acceptors (Lipinski definition) is 3. The maximum atomic E-state index is 12.5. The van der Waals surface area contributed by atoms with Gasteiger partial charge in [0.05, 0.1) is 29.8 Å². The lowest BCUT2D eigenvalue weighted by Crippen LogP contribution is -2.05. The van der Waals surface area contributed by atoms with E-state index in [2.05, 4.69) is 0 Å². The van der Waals surface area contributed by atoms with Gasteiger partial charge in [-0.1, -0.05) is 29.3 Å². The van der Waals surface area contributed by atoms with Crippen LogP contribution in [0.2, 0.25) is 10.0 Å². The molecule has 0 radical (unpaired) electrons. The molecule has 104 valence electrons. The normalized spacial score (nSPS) is 10.2. The Labute approximate surface area is 127 Å². The Morgan fingerprint density at radius 3 is 2.35 bits per heavy atom. The number of benzene rings is 2. The fourth-order valence-electron chi connectivity index (χ4n) is 1.86. The molecular weight excluding hydrogens is 299 g/mol. The van der Waals surface area contributed by atoms with Crippen molar-refractivity contribution in [1.82, 2.24) is 0 Å². The third-order valence-corrected chi connectivity index (χ3v) is 3.57. The van der Waals surface area contributed by atoms with E-state index in [9.17, 15) is 4.79 Å². The van der Waals surface area contributed by atoms with Gasteiger partial charge >= 0.3 is 0 Å². The van der Waals surface area contributed by atoms with Crippen molar-refractivity contribution in [2.45, 2.75) is 0 Å². The third kappa shape index (κ3) is 2.74. The zero-order chi connectivity index (χ0) is 14.7. The second-order valence-electron chi connectivity index (χ2n) is 4.00. The molecule has 0 saturated heterocycles. The lowest BCUT2D eigenvalue weighted by molar-refractivity contribution is 0.103.